The van der Waals surface area contributed by atoms with Gasteiger partial charge in [0, 0.05) is 31.7 Å². The van der Waals surface area contributed by atoms with E-state index in [0.717, 1.165) is 17.5 Å². The van der Waals surface area contributed by atoms with Gasteiger partial charge < -0.3 is 15.7 Å². The second kappa shape index (κ2) is 6.39. The molecule has 0 radical (unpaired) electrons. The van der Waals surface area contributed by atoms with Crippen molar-refractivity contribution in [2.45, 2.75) is 39.2 Å². The van der Waals surface area contributed by atoms with E-state index < -0.39 is 0 Å². The third-order valence-electron chi connectivity index (χ3n) is 2.47. The van der Waals surface area contributed by atoms with E-state index in [1.807, 2.05) is 20.0 Å². The molecule has 0 aliphatic heterocycles. The van der Waals surface area contributed by atoms with Crippen LogP contribution in [0.5, 0.6) is 0 Å². The van der Waals surface area contributed by atoms with Crippen molar-refractivity contribution < 1.29 is 5.11 Å². The molecule has 1 rings (SSSR count). The first-order chi connectivity index (χ1) is 8.06. The molecule has 0 bridgehead atoms. The van der Waals surface area contributed by atoms with E-state index in [0.29, 0.717) is 6.42 Å². The topological polar surface area (TPSA) is 70.1 Å². The Kier molecular flexibility index (Phi) is 5.15. The van der Waals surface area contributed by atoms with Crippen molar-refractivity contribution in [3.8, 4) is 0 Å². The summed E-state index contributed by atoms with van der Waals surface area (Å²) in [5.41, 5.74) is 0. The van der Waals surface area contributed by atoms with E-state index in [1.54, 1.807) is 0 Å². The van der Waals surface area contributed by atoms with Gasteiger partial charge in [0.25, 0.3) is 0 Å². The van der Waals surface area contributed by atoms with Gasteiger partial charge in [0.2, 0.25) is 0 Å². The molecule has 3 N–H and O–H groups in total. The van der Waals surface area contributed by atoms with Crippen LogP contribution in [0.3, 0.4) is 0 Å². The van der Waals surface area contributed by atoms with Gasteiger partial charge in [0.15, 0.2) is 0 Å². The zero-order chi connectivity index (χ0) is 12.8. The maximum atomic E-state index is 8.87. The highest BCUT2D eigenvalue weighted by atomic mass is 16.3. The van der Waals surface area contributed by atoms with Crippen LogP contribution in [0.4, 0.5) is 11.6 Å². The third kappa shape index (κ3) is 4.19. The van der Waals surface area contributed by atoms with Gasteiger partial charge in [-0.3, -0.25) is 0 Å². The molecule has 17 heavy (non-hydrogen) atoms. The average Bonchev–Trinajstić information content (AvgIpc) is 2.28. The lowest BCUT2D eigenvalue weighted by Crippen LogP contribution is -2.18. The lowest BCUT2D eigenvalue weighted by atomic mass is 10.2. The van der Waals surface area contributed by atoms with Crippen molar-refractivity contribution >= 4 is 11.6 Å². The Morgan fingerprint density at radius 2 is 1.88 bits per heavy atom. The van der Waals surface area contributed by atoms with Crippen molar-refractivity contribution in [2.75, 3.05) is 24.3 Å². The quantitative estimate of drug-likeness (QED) is 0.705. The smallest absolute Gasteiger partial charge is 0.135 e. The van der Waals surface area contributed by atoms with Crippen LogP contribution < -0.4 is 10.6 Å². The largest absolute Gasteiger partial charge is 0.396 e. The van der Waals surface area contributed by atoms with Crippen molar-refractivity contribution in [3.63, 3.8) is 0 Å². The Morgan fingerprint density at radius 3 is 2.41 bits per heavy atom. The number of aromatic nitrogens is 2. The SMILES string of the molecule is CNc1cc(NC(C)CCO)nc(C(C)C)n1. The van der Waals surface area contributed by atoms with Gasteiger partial charge in [0.1, 0.15) is 17.5 Å². The summed E-state index contributed by atoms with van der Waals surface area (Å²) in [6, 6.07) is 2.07. The minimum atomic E-state index is 0.176. The molecule has 5 heteroatoms. The maximum Gasteiger partial charge on any atom is 0.135 e. The first-order valence-corrected chi connectivity index (χ1v) is 6.01. The first kappa shape index (κ1) is 13.7. The molecule has 0 amide bonds. The average molecular weight is 238 g/mol. The normalized spacial score (nSPS) is 12.6. The first-order valence-electron chi connectivity index (χ1n) is 6.01. The lowest BCUT2D eigenvalue weighted by molar-refractivity contribution is 0.282. The molecule has 1 heterocycles. The number of hydrogen-bond donors (Lipinski definition) is 3. The second-order valence-corrected chi connectivity index (χ2v) is 4.46. The monoisotopic (exact) mass is 238 g/mol. The van der Waals surface area contributed by atoms with E-state index in [1.165, 1.54) is 0 Å². The van der Waals surface area contributed by atoms with Gasteiger partial charge in [-0.05, 0) is 13.3 Å². The zero-order valence-corrected chi connectivity index (χ0v) is 11.0. The molecular formula is C12H22N4O. The molecule has 0 fully saturated rings. The molecule has 1 unspecified atom stereocenters. The highest BCUT2D eigenvalue weighted by molar-refractivity contribution is 5.47. The summed E-state index contributed by atoms with van der Waals surface area (Å²) in [5, 5.41) is 15.2. The minimum Gasteiger partial charge on any atom is -0.396 e. The predicted octanol–water partition coefficient (Wildman–Crippen LogP) is 1.82. The van der Waals surface area contributed by atoms with Gasteiger partial charge in [0.05, 0.1) is 0 Å². The standard InChI is InChI=1S/C12H22N4O/c1-8(2)12-15-10(13-4)7-11(16-12)14-9(3)5-6-17/h7-9,17H,5-6H2,1-4H3,(H2,13,14,15,16). The fourth-order valence-electron chi connectivity index (χ4n) is 1.44. The summed E-state index contributed by atoms with van der Waals surface area (Å²) >= 11 is 0. The van der Waals surface area contributed by atoms with Gasteiger partial charge >= 0.3 is 0 Å². The number of rotatable bonds is 6. The molecule has 0 aliphatic carbocycles. The minimum absolute atomic E-state index is 0.176. The molecule has 1 atom stereocenters. The van der Waals surface area contributed by atoms with Gasteiger partial charge in [-0.25, -0.2) is 9.97 Å². The Balaban J connectivity index is 2.87. The third-order valence-corrected chi connectivity index (χ3v) is 2.47. The summed E-state index contributed by atoms with van der Waals surface area (Å²) < 4.78 is 0. The van der Waals surface area contributed by atoms with Crippen molar-refractivity contribution in [1.29, 1.82) is 0 Å². The lowest BCUT2D eigenvalue weighted by Gasteiger charge is -2.15. The van der Waals surface area contributed by atoms with Gasteiger partial charge in [-0.1, -0.05) is 13.8 Å². The summed E-state index contributed by atoms with van der Waals surface area (Å²) in [6.07, 6.45) is 0.704. The Morgan fingerprint density at radius 1 is 1.24 bits per heavy atom. The van der Waals surface area contributed by atoms with Crippen LogP contribution in [0, 0.1) is 0 Å². The summed E-state index contributed by atoms with van der Waals surface area (Å²) in [5.74, 6) is 2.71. The fourth-order valence-corrected chi connectivity index (χ4v) is 1.44. The Hall–Kier alpha value is -1.36. The molecule has 0 spiro atoms. The molecule has 0 saturated heterocycles. The van der Waals surface area contributed by atoms with Crippen LogP contribution >= 0.6 is 0 Å². The molecule has 1 aromatic heterocycles. The van der Waals surface area contributed by atoms with Gasteiger partial charge in [-0.15, -0.1) is 0 Å². The number of nitrogens with zero attached hydrogens (tertiary/aromatic N) is 2. The van der Waals surface area contributed by atoms with Crippen LogP contribution in [0.25, 0.3) is 0 Å². The zero-order valence-electron chi connectivity index (χ0n) is 11.0. The van der Waals surface area contributed by atoms with Crippen LogP contribution in [-0.2, 0) is 0 Å². The molecule has 96 valence electrons. The molecule has 0 saturated carbocycles. The summed E-state index contributed by atoms with van der Waals surface area (Å²) in [4.78, 5) is 8.85. The van der Waals surface area contributed by atoms with E-state index in [9.17, 15) is 0 Å². The molecular weight excluding hydrogens is 216 g/mol. The van der Waals surface area contributed by atoms with Crippen LogP contribution in [0.15, 0.2) is 6.07 Å². The number of nitrogens with one attached hydrogen (secondary N) is 2. The Bertz CT molecular complexity index is 354. The van der Waals surface area contributed by atoms with Crippen LogP contribution in [-0.4, -0.2) is 34.8 Å². The van der Waals surface area contributed by atoms with E-state index >= 15 is 0 Å². The summed E-state index contributed by atoms with van der Waals surface area (Å²) in [7, 11) is 1.84. The van der Waals surface area contributed by atoms with Crippen molar-refractivity contribution in [3.05, 3.63) is 11.9 Å². The summed E-state index contributed by atoms with van der Waals surface area (Å²) in [6.45, 7) is 6.33. The van der Waals surface area contributed by atoms with E-state index in [4.69, 9.17) is 5.11 Å². The Labute approximate surface area is 103 Å². The molecule has 0 aromatic carbocycles. The molecule has 0 aliphatic rings. The number of hydrogen-bond acceptors (Lipinski definition) is 5. The highest BCUT2D eigenvalue weighted by Crippen LogP contribution is 2.17. The number of aliphatic hydroxyl groups excluding tert-OH is 1. The highest BCUT2D eigenvalue weighted by Gasteiger charge is 2.09. The maximum absolute atomic E-state index is 8.87. The van der Waals surface area contributed by atoms with E-state index in [-0.39, 0.29) is 18.6 Å². The van der Waals surface area contributed by atoms with Crippen LogP contribution in [0.1, 0.15) is 38.9 Å². The number of aliphatic hydroxyl groups is 1. The van der Waals surface area contributed by atoms with Gasteiger partial charge in [-0.2, -0.15) is 0 Å². The second-order valence-electron chi connectivity index (χ2n) is 4.46. The number of anilines is 2. The fraction of sp³-hybridized carbons (Fsp3) is 0.667. The molecule has 1 aromatic rings. The van der Waals surface area contributed by atoms with E-state index in [2.05, 4.69) is 34.4 Å². The molecule has 5 nitrogen and oxygen atoms in total. The van der Waals surface area contributed by atoms with Crippen molar-refractivity contribution in [1.82, 2.24) is 9.97 Å². The predicted molar refractivity (Wildman–Crippen MR) is 70.5 cm³/mol. The van der Waals surface area contributed by atoms with Crippen LogP contribution in [0.2, 0.25) is 0 Å². The van der Waals surface area contributed by atoms with Crippen molar-refractivity contribution in [2.24, 2.45) is 0 Å².